The van der Waals surface area contributed by atoms with Crippen LogP contribution in [0.25, 0.3) is 0 Å². The van der Waals surface area contributed by atoms with Gasteiger partial charge in [0.15, 0.2) is 0 Å². The van der Waals surface area contributed by atoms with E-state index in [1.807, 2.05) is 0 Å². The van der Waals surface area contributed by atoms with E-state index in [-0.39, 0.29) is 5.41 Å². The minimum Gasteiger partial charge on any atom is -0.260 e. The number of rotatable bonds is 0. The highest BCUT2D eigenvalue weighted by Gasteiger charge is 2.37. The summed E-state index contributed by atoms with van der Waals surface area (Å²) in [7, 11) is 0. The number of halogens is 1. The van der Waals surface area contributed by atoms with Crippen molar-refractivity contribution in [3.05, 3.63) is 28.2 Å². The molecule has 2 heterocycles. The summed E-state index contributed by atoms with van der Waals surface area (Å²) in [6, 6.07) is 6.50. The van der Waals surface area contributed by atoms with E-state index < -0.39 is 0 Å². The smallest absolute Gasteiger partial charge is 0.0678 e. The molecule has 1 aromatic rings. The van der Waals surface area contributed by atoms with Crippen LogP contribution in [0.15, 0.2) is 27.7 Å². The molecule has 1 aromatic carbocycles. The molecule has 1 saturated heterocycles. The highest BCUT2D eigenvalue weighted by atomic mass is 79.9. The fourth-order valence-electron chi connectivity index (χ4n) is 2.43. The molecule has 3 heteroatoms. The number of benzene rings is 1. The Labute approximate surface area is 102 Å². The predicted molar refractivity (Wildman–Crippen MR) is 70.5 cm³/mol. The molecule has 0 saturated carbocycles. The zero-order valence-corrected chi connectivity index (χ0v) is 10.8. The van der Waals surface area contributed by atoms with E-state index in [0.29, 0.717) is 0 Å². The van der Waals surface area contributed by atoms with Crippen LogP contribution in [0, 0.1) is 0 Å². The van der Waals surface area contributed by atoms with Crippen molar-refractivity contribution in [3.8, 4) is 0 Å². The monoisotopic (exact) mass is 281 g/mol. The molecule has 0 atom stereocenters. The number of hydrogen-bond acceptors (Lipinski definition) is 2. The summed E-state index contributed by atoms with van der Waals surface area (Å²) in [5.74, 6) is 2.53. The maximum absolute atomic E-state index is 4.57. The molecule has 0 aliphatic carbocycles. The van der Waals surface area contributed by atoms with Gasteiger partial charge in [0.1, 0.15) is 0 Å². The summed E-state index contributed by atoms with van der Waals surface area (Å²) in [6.45, 7) is 0. The molecule has 0 radical (unpaired) electrons. The summed E-state index contributed by atoms with van der Waals surface area (Å²) >= 11 is 5.56. The van der Waals surface area contributed by atoms with Crippen molar-refractivity contribution in [2.24, 2.45) is 4.99 Å². The molecule has 78 valence electrons. The van der Waals surface area contributed by atoms with Gasteiger partial charge in [0, 0.05) is 16.1 Å². The molecule has 2 aliphatic heterocycles. The number of nitrogens with zero attached hydrogens (tertiary/aromatic N) is 1. The summed E-state index contributed by atoms with van der Waals surface area (Å²) in [6.07, 6.45) is 4.68. The molecule has 1 spiro atoms. The van der Waals surface area contributed by atoms with Crippen LogP contribution in [-0.4, -0.2) is 17.7 Å². The zero-order chi connectivity index (χ0) is 10.3. The second-order valence-corrected chi connectivity index (χ2v) is 6.33. The molecule has 0 N–H and O–H groups in total. The second kappa shape index (κ2) is 3.63. The van der Waals surface area contributed by atoms with Crippen molar-refractivity contribution in [1.29, 1.82) is 0 Å². The quantitative estimate of drug-likeness (QED) is 0.702. The summed E-state index contributed by atoms with van der Waals surface area (Å²) in [4.78, 5) is 4.57. The Morgan fingerprint density at radius 1 is 1.27 bits per heavy atom. The Kier molecular flexibility index (Phi) is 2.40. The molecular formula is C12H12BrNS. The fourth-order valence-corrected chi connectivity index (χ4v) is 4.00. The van der Waals surface area contributed by atoms with Gasteiger partial charge in [-0.2, -0.15) is 11.8 Å². The van der Waals surface area contributed by atoms with E-state index in [4.69, 9.17) is 0 Å². The van der Waals surface area contributed by atoms with Crippen molar-refractivity contribution in [3.63, 3.8) is 0 Å². The normalized spacial score (nSPS) is 21.9. The van der Waals surface area contributed by atoms with Crippen LogP contribution in [0.5, 0.6) is 0 Å². The van der Waals surface area contributed by atoms with E-state index in [9.17, 15) is 0 Å². The first-order chi connectivity index (χ1) is 7.30. The van der Waals surface area contributed by atoms with E-state index in [0.717, 1.165) is 10.2 Å². The van der Waals surface area contributed by atoms with E-state index >= 15 is 0 Å². The van der Waals surface area contributed by atoms with Crippen LogP contribution in [0.4, 0.5) is 5.69 Å². The predicted octanol–water partition coefficient (Wildman–Crippen LogP) is 3.93. The van der Waals surface area contributed by atoms with Gasteiger partial charge in [-0.15, -0.1) is 0 Å². The average Bonchev–Trinajstić information content (AvgIpc) is 2.58. The van der Waals surface area contributed by atoms with Crippen molar-refractivity contribution < 1.29 is 0 Å². The lowest BCUT2D eigenvalue weighted by molar-refractivity contribution is 0.551. The Morgan fingerprint density at radius 3 is 2.87 bits per heavy atom. The maximum atomic E-state index is 4.57. The maximum Gasteiger partial charge on any atom is 0.0678 e. The van der Waals surface area contributed by atoms with Crippen LogP contribution in [0.3, 0.4) is 0 Å². The van der Waals surface area contributed by atoms with Crippen LogP contribution < -0.4 is 0 Å². The number of hydrogen-bond donors (Lipinski definition) is 0. The second-order valence-electron chi connectivity index (χ2n) is 4.19. The SMILES string of the molecule is Brc1ccc2c(c1)N=CC21CCSCC1. The van der Waals surface area contributed by atoms with Gasteiger partial charge in [0.2, 0.25) is 0 Å². The van der Waals surface area contributed by atoms with Crippen molar-refractivity contribution in [2.45, 2.75) is 18.3 Å². The molecule has 1 fully saturated rings. The molecular weight excluding hydrogens is 270 g/mol. The Balaban J connectivity index is 2.07. The fraction of sp³-hybridized carbons (Fsp3) is 0.417. The van der Waals surface area contributed by atoms with Gasteiger partial charge < -0.3 is 0 Å². The van der Waals surface area contributed by atoms with Crippen molar-refractivity contribution in [1.82, 2.24) is 0 Å². The highest BCUT2D eigenvalue weighted by molar-refractivity contribution is 9.10. The number of fused-ring (bicyclic) bond motifs is 2. The lowest BCUT2D eigenvalue weighted by Gasteiger charge is -2.31. The lowest BCUT2D eigenvalue weighted by Crippen LogP contribution is -2.30. The zero-order valence-electron chi connectivity index (χ0n) is 8.37. The van der Waals surface area contributed by atoms with Crippen molar-refractivity contribution >= 4 is 39.6 Å². The van der Waals surface area contributed by atoms with Crippen LogP contribution in [0.2, 0.25) is 0 Å². The number of aliphatic imine (C=N–C) groups is 1. The Morgan fingerprint density at radius 2 is 2.07 bits per heavy atom. The highest BCUT2D eigenvalue weighted by Crippen LogP contribution is 2.45. The third-order valence-electron chi connectivity index (χ3n) is 3.33. The average molecular weight is 282 g/mol. The first-order valence-electron chi connectivity index (χ1n) is 5.23. The minimum absolute atomic E-state index is 0.265. The standard InChI is InChI=1S/C12H12BrNS/c13-9-1-2-10-11(7-9)14-8-12(10)3-5-15-6-4-12/h1-2,7-8H,3-6H2. The third kappa shape index (κ3) is 1.56. The van der Waals surface area contributed by atoms with Gasteiger partial charge in [-0.05, 0) is 42.0 Å². The van der Waals surface area contributed by atoms with Gasteiger partial charge in [0.25, 0.3) is 0 Å². The van der Waals surface area contributed by atoms with Gasteiger partial charge >= 0.3 is 0 Å². The van der Waals surface area contributed by atoms with Crippen LogP contribution in [0.1, 0.15) is 18.4 Å². The Bertz CT molecular complexity index is 422. The van der Waals surface area contributed by atoms with Gasteiger partial charge in [0.05, 0.1) is 5.69 Å². The summed E-state index contributed by atoms with van der Waals surface area (Å²) < 4.78 is 1.13. The molecule has 2 aliphatic rings. The molecule has 15 heavy (non-hydrogen) atoms. The molecule has 3 rings (SSSR count). The van der Waals surface area contributed by atoms with Gasteiger partial charge in [-0.3, -0.25) is 4.99 Å². The van der Waals surface area contributed by atoms with E-state index in [2.05, 4.69) is 57.1 Å². The largest absolute Gasteiger partial charge is 0.260 e. The minimum atomic E-state index is 0.265. The van der Waals surface area contributed by atoms with E-state index in [1.165, 1.54) is 29.9 Å². The van der Waals surface area contributed by atoms with Gasteiger partial charge in [-0.1, -0.05) is 22.0 Å². The summed E-state index contributed by atoms with van der Waals surface area (Å²) in [5.41, 5.74) is 2.86. The molecule has 0 aromatic heterocycles. The molecule has 1 nitrogen and oxygen atoms in total. The van der Waals surface area contributed by atoms with E-state index in [1.54, 1.807) is 0 Å². The number of thioether (sulfide) groups is 1. The topological polar surface area (TPSA) is 12.4 Å². The summed E-state index contributed by atoms with van der Waals surface area (Å²) in [5, 5.41) is 0. The van der Waals surface area contributed by atoms with Crippen molar-refractivity contribution in [2.75, 3.05) is 11.5 Å². The molecule has 0 amide bonds. The third-order valence-corrected chi connectivity index (χ3v) is 4.81. The lowest BCUT2D eigenvalue weighted by atomic mass is 9.77. The molecule has 0 bridgehead atoms. The molecule has 0 unspecified atom stereocenters. The first kappa shape index (κ1) is 9.91. The van der Waals surface area contributed by atoms with Gasteiger partial charge in [-0.25, -0.2) is 0 Å². The first-order valence-corrected chi connectivity index (χ1v) is 7.18. The van der Waals surface area contributed by atoms with Crippen LogP contribution in [-0.2, 0) is 5.41 Å². The Hall–Kier alpha value is -0.280. The van der Waals surface area contributed by atoms with Crippen LogP contribution >= 0.6 is 27.7 Å².